The van der Waals surface area contributed by atoms with Gasteiger partial charge in [0.25, 0.3) is 0 Å². The number of rotatable bonds is 8. The Kier molecular flexibility index (Phi) is 5.86. The summed E-state index contributed by atoms with van der Waals surface area (Å²) in [5.41, 5.74) is 2.33. The molecule has 3 aromatic rings. The summed E-state index contributed by atoms with van der Waals surface area (Å²) in [5, 5.41) is 0. The van der Waals surface area contributed by atoms with Gasteiger partial charge in [0.1, 0.15) is 5.75 Å². The Morgan fingerprint density at radius 1 is 0.967 bits per heavy atom. The molecule has 1 fully saturated rings. The van der Waals surface area contributed by atoms with E-state index in [9.17, 15) is 13.2 Å². The standard InChI is InChI=1S/C24H25F3N2O/c1-30-23-9-3-6-19(14-23)16-29(21-10-11-21)17-22-8-4-12-28(22)15-18-5-2-7-20(13-18)24(25,26)27/h2-9,12-14,21H,10-11,15-17H2,1H3. The van der Waals surface area contributed by atoms with Crippen LogP contribution in [0, 0.1) is 0 Å². The number of hydrogen-bond acceptors (Lipinski definition) is 2. The third-order valence-corrected chi connectivity index (χ3v) is 5.48. The highest BCUT2D eigenvalue weighted by Crippen LogP contribution is 2.31. The van der Waals surface area contributed by atoms with Crippen molar-refractivity contribution in [3.8, 4) is 5.75 Å². The summed E-state index contributed by atoms with van der Waals surface area (Å²) in [6, 6.07) is 18.2. The van der Waals surface area contributed by atoms with Crippen LogP contribution in [-0.4, -0.2) is 22.6 Å². The number of hydrogen-bond donors (Lipinski definition) is 0. The van der Waals surface area contributed by atoms with E-state index in [-0.39, 0.29) is 0 Å². The van der Waals surface area contributed by atoms with Crippen LogP contribution in [0.4, 0.5) is 13.2 Å². The maximum atomic E-state index is 13.0. The maximum absolute atomic E-state index is 13.0. The third-order valence-electron chi connectivity index (χ3n) is 5.48. The van der Waals surface area contributed by atoms with E-state index in [1.807, 2.05) is 29.0 Å². The van der Waals surface area contributed by atoms with Gasteiger partial charge in [-0.05, 0) is 60.4 Å². The maximum Gasteiger partial charge on any atom is 0.416 e. The first-order valence-electron chi connectivity index (χ1n) is 10.1. The third kappa shape index (κ3) is 5.05. The van der Waals surface area contributed by atoms with Crippen molar-refractivity contribution in [3.63, 3.8) is 0 Å². The lowest BCUT2D eigenvalue weighted by Crippen LogP contribution is -2.26. The number of ether oxygens (including phenoxy) is 1. The minimum Gasteiger partial charge on any atom is -0.497 e. The summed E-state index contributed by atoms with van der Waals surface area (Å²) in [6.45, 7) is 1.99. The Hall–Kier alpha value is -2.73. The Labute approximate surface area is 174 Å². The molecule has 2 aromatic carbocycles. The average Bonchev–Trinajstić information content (AvgIpc) is 3.49. The van der Waals surface area contributed by atoms with Crippen LogP contribution < -0.4 is 4.74 Å². The first kappa shape index (κ1) is 20.5. The normalized spacial score (nSPS) is 14.3. The van der Waals surface area contributed by atoms with Gasteiger partial charge in [0.2, 0.25) is 0 Å². The van der Waals surface area contributed by atoms with E-state index in [0.717, 1.165) is 30.6 Å². The molecule has 30 heavy (non-hydrogen) atoms. The molecule has 1 aliphatic carbocycles. The largest absolute Gasteiger partial charge is 0.497 e. The van der Waals surface area contributed by atoms with E-state index in [2.05, 4.69) is 23.1 Å². The van der Waals surface area contributed by atoms with Crippen molar-refractivity contribution in [1.29, 1.82) is 0 Å². The molecular formula is C24H25F3N2O. The molecule has 6 heteroatoms. The average molecular weight is 414 g/mol. The lowest BCUT2D eigenvalue weighted by Gasteiger charge is -2.23. The summed E-state index contributed by atoms with van der Waals surface area (Å²) in [4.78, 5) is 2.44. The van der Waals surface area contributed by atoms with E-state index >= 15 is 0 Å². The minimum absolute atomic E-state index is 0.421. The molecule has 0 N–H and O–H groups in total. The second-order valence-corrected chi connectivity index (χ2v) is 7.81. The Morgan fingerprint density at radius 3 is 2.47 bits per heavy atom. The van der Waals surface area contributed by atoms with Crippen LogP contribution in [-0.2, 0) is 25.8 Å². The highest BCUT2D eigenvalue weighted by molar-refractivity contribution is 5.29. The van der Waals surface area contributed by atoms with Crippen molar-refractivity contribution in [3.05, 3.63) is 89.2 Å². The van der Waals surface area contributed by atoms with Crippen molar-refractivity contribution < 1.29 is 17.9 Å². The van der Waals surface area contributed by atoms with E-state index in [1.165, 1.54) is 30.5 Å². The van der Waals surface area contributed by atoms with E-state index in [0.29, 0.717) is 18.2 Å². The van der Waals surface area contributed by atoms with E-state index in [1.54, 1.807) is 13.2 Å². The minimum atomic E-state index is -4.32. The summed E-state index contributed by atoms with van der Waals surface area (Å²) in [7, 11) is 1.67. The highest BCUT2D eigenvalue weighted by atomic mass is 19.4. The van der Waals surface area contributed by atoms with Crippen LogP contribution in [0.25, 0.3) is 0 Å². The zero-order valence-corrected chi connectivity index (χ0v) is 16.9. The van der Waals surface area contributed by atoms with Gasteiger partial charge in [-0.2, -0.15) is 13.2 Å². The Bertz CT molecular complexity index is 992. The van der Waals surface area contributed by atoms with Crippen LogP contribution in [0.5, 0.6) is 5.75 Å². The van der Waals surface area contributed by atoms with E-state index < -0.39 is 11.7 Å². The quantitative estimate of drug-likeness (QED) is 0.468. The Morgan fingerprint density at radius 2 is 1.73 bits per heavy atom. The molecule has 3 nitrogen and oxygen atoms in total. The predicted octanol–water partition coefficient (Wildman–Crippen LogP) is 5.73. The highest BCUT2D eigenvalue weighted by Gasteiger charge is 2.31. The van der Waals surface area contributed by atoms with E-state index in [4.69, 9.17) is 4.74 Å². The van der Waals surface area contributed by atoms with Crippen LogP contribution in [0.3, 0.4) is 0 Å². The van der Waals surface area contributed by atoms with Crippen molar-refractivity contribution in [1.82, 2.24) is 9.47 Å². The molecule has 0 bridgehead atoms. The topological polar surface area (TPSA) is 17.4 Å². The monoisotopic (exact) mass is 414 g/mol. The zero-order chi connectivity index (χ0) is 21.1. The Balaban J connectivity index is 1.49. The number of alkyl halides is 3. The molecule has 0 atom stereocenters. The lowest BCUT2D eigenvalue weighted by atomic mass is 10.1. The lowest BCUT2D eigenvalue weighted by molar-refractivity contribution is -0.137. The van der Waals surface area contributed by atoms with Crippen LogP contribution in [0.15, 0.2) is 66.9 Å². The summed E-state index contributed by atoms with van der Waals surface area (Å²) in [6.07, 6.45) is -0.0299. The van der Waals surface area contributed by atoms with Gasteiger partial charge in [-0.1, -0.05) is 24.3 Å². The van der Waals surface area contributed by atoms with Crippen molar-refractivity contribution in [2.45, 2.75) is 44.7 Å². The van der Waals surface area contributed by atoms with Gasteiger partial charge in [0.15, 0.2) is 0 Å². The number of aromatic nitrogens is 1. The second-order valence-electron chi connectivity index (χ2n) is 7.81. The van der Waals surface area contributed by atoms with Gasteiger partial charge in [0.05, 0.1) is 12.7 Å². The molecule has 158 valence electrons. The molecular weight excluding hydrogens is 389 g/mol. The molecule has 1 heterocycles. The molecule has 0 spiro atoms. The molecule has 1 aromatic heterocycles. The van der Waals surface area contributed by atoms with Crippen molar-refractivity contribution >= 4 is 0 Å². The van der Waals surface area contributed by atoms with Gasteiger partial charge in [-0.25, -0.2) is 0 Å². The van der Waals surface area contributed by atoms with Crippen molar-refractivity contribution in [2.75, 3.05) is 7.11 Å². The molecule has 0 aliphatic heterocycles. The number of benzene rings is 2. The molecule has 0 saturated heterocycles. The van der Waals surface area contributed by atoms with Crippen LogP contribution in [0.2, 0.25) is 0 Å². The molecule has 0 amide bonds. The first-order valence-corrected chi connectivity index (χ1v) is 10.1. The van der Waals surface area contributed by atoms with Gasteiger partial charge in [-0.15, -0.1) is 0 Å². The first-order chi connectivity index (χ1) is 14.4. The predicted molar refractivity (Wildman–Crippen MR) is 110 cm³/mol. The fourth-order valence-corrected chi connectivity index (χ4v) is 3.76. The van der Waals surface area contributed by atoms with Crippen LogP contribution in [0.1, 0.15) is 35.2 Å². The molecule has 1 saturated carbocycles. The summed E-state index contributed by atoms with van der Waals surface area (Å²) in [5.74, 6) is 0.844. The van der Waals surface area contributed by atoms with Gasteiger partial charge < -0.3 is 9.30 Å². The molecule has 0 radical (unpaired) electrons. The van der Waals surface area contributed by atoms with Crippen LogP contribution >= 0.6 is 0 Å². The second kappa shape index (κ2) is 8.56. The van der Waals surface area contributed by atoms with Gasteiger partial charge in [-0.3, -0.25) is 4.90 Å². The number of nitrogens with zero attached hydrogens (tertiary/aromatic N) is 2. The van der Waals surface area contributed by atoms with Gasteiger partial charge in [0, 0.05) is 37.6 Å². The molecule has 1 aliphatic rings. The zero-order valence-electron chi connectivity index (χ0n) is 16.9. The molecule has 4 rings (SSSR count). The number of halogens is 3. The fraction of sp³-hybridized carbons (Fsp3) is 0.333. The summed E-state index contributed by atoms with van der Waals surface area (Å²) >= 11 is 0. The van der Waals surface area contributed by atoms with Crippen molar-refractivity contribution in [2.24, 2.45) is 0 Å². The fourth-order valence-electron chi connectivity index (χ4n) is 3.76. The summed E-state index contributed by atoms with van der Waals surface area (Å²) < 4.78 is 46.5. The number of methoxy groups -OCH3 is 1. The molecule has 0 unspecified atom stereocenters. The smallest absolute Gasteiger partial charge is 0.416 e. The SMILES string of the molecule is COc1cccc(CN(Cc2cccn2Cc2cccc(C(F)(F)F)c2)C2CC2)c1. The van der Waals surface area contributed by atoms with Gasteiger partial charge >= 0.3 is 6.18 Å².